The first-order valence-electron chi connectivity index (χ1n) is 8.79. The molecular formula is C19H27N3O2. The molecule has 1 aromatic heterocycles. The average Bonchev–Trinajstić information content (AvgIpc) is 3.02. The smallest absolute Gasteiger partial charge is 0.150 e. The van der Waals surface area contributed by atoms with Crippen LogP contribution in [0.1, 0.15) is 36.0 Å². The fourth-order valence-corrected chi connectivity index (χ4v) is 3.30. The summed E-state index contributed by atoms with van der Waals surface area (Å²) in [6.07, 6.45) is 1.95. The van der Waals surface area contributed by atoms with Crippen LogP contribution in [-0.4, -0.2) is 41.3 Å². The highest BCUT2D eigenvalue weighted by molar-refractivity contribution is 5.17. The van der Waals surface area contributed by atoms with E-state index >= 15 is 0 Å². The molecule has 0 bridgehead atoms. The molecule has 24 heavy (non-hydrogen) atoms. The molecule has 1 saturated heterocycles. The zero-order chi connectivity index (χ0) is 16.8. The quantitative estimate of drug-likeness (QED) is 0.817. The van der Waals surface area contributed by atoms with Crippen LogP contribution in [0.3, 0.4) is 0 Å². The van der Waals surface area contributed by atoms with Crippen molar-refractivity contribution in [3.05, 3.63) is 53.4 Å². The number of hydrogen-bond acceptors (Lipinski definition) is 5. The van der Waals surface area contributed by atoms with E-state index in [2.05, 4.69) is 15.4 Å². The minimum Gasteiger partial charge on any atom is -0.387 e. The maximum absolute atomic E-state index is 10.3. The molecule has 5 heteroatoms. The van der Waals surface area contributed by atoms with E-state index in [9.17, 15) is 5.11 Å². The van der Waals surface area contributed by atoms with Gasteiger partial charge in [0.15, 0.2) is 5.76 Å². The topological polar surface area (TPSA) is 61.5 Å². The molecule has 0 aliphatic carbocycles. The minimum absolute atomic E-state index is 0.393. The van der Waals surface area contributed by atoms with Gasteiger partial charge in [-0.1, -0.05) is 35.5 Å². The Labute approximate surface area is 143 Å². The number of aliphatic hydroxyl groups is 1. The van der Waals surface area contributed by atoms with Crippen molar-refractivity contribution in [2.24, 2.45) is 5.92 Å². The lowest BCUT2D eigenvalue weighted by Gasteiger charge is -2.33. The van der Waals surface area contributed by atoms with Gasteiger partial charge in [-0.05, 0) is 50.9 Å². The van der Waals surface area contributed by atoms with Crippen LogP contribution in [0.15, 0.2) is 40.9 Å². The molecule has 2 N–H and O–H groups in total. The van der Waals surface area contributed by atoms with Crippen LogP contribution in [0.25, 0.3) is 0 Å². The van der Waals surface area contributed by atoms with Crippen molar-refractivity contribution in [3.63, 3.8) is 0 Å². The molecule has 1 atom stereocenters. The average molecular weight is 329 g/mol. The lowest BCUT2D eigenvalue weighted by Crippen LogP contribution is -2.39. The number of nitrogens with one attached hydrogen (secondary N) is 1. The Morgan fingerprint density at radius 2 is 2.04 bits per heavy atom. The van der Waals surface area contributed by atoms with Gasteiger partial charge in [-0.2, -0.15) is 0 Å². The summed E-state index contributed by atoms with van der Waals surface area (Å²) in [6.45, 7) is 6.52. The second-order valence-electron chi connectivity index (χ2n) is 6.74. The van der Waals surface area contributed by atoms with Crippen molar-refractivity contribution in [2.75, 3.05) is 26.2 Å². The predicted octanol–water partition coefficient (Wildman–Crippen LogP) is 2.52. The van der Waals surface area contributed by atoms with Gasteiger partial charge in [-0.25, -0.2) is 0 Å². The van der Waals surface area contributed by atoms with Gasteiger partial charge in [0.05, 0.1) is 18.3 Å². The number of piperidine rings is 1. The first-order chi connectivity index (χ1) is 11.7. The molecule has 5 nitrogen and oxygen atoms in total. The van der Waals surface area contributed by atoms with Gasteiger partial charge in [-0.15, -0.1) is 0 Å². The van der Waals surface area contributed by atoms with Crippen molar-refractivity contribution in [1.82, 2.24) is 15.4 Å². The molecule has 3 rings (SSSR count). The van der Waals surface area contributed by atoms with Crippen LogP contribution in [0.5, 0.6) is 0 Å². The maximum Gasteiger partial charge on any atom is 0.150 e. The number of hydrogen-bond donors (Lipinski definition) is 2. The zero-order valence-electron chi connectivity index (χ0n) is 14.3. The molecule has 0 radical (unpaired) electrons. The highest BCUT2D eigenvalue weighted by Gasteiger charge is 2.21. The van der Waals surface area contributed by atoms with Gasteiger partial charge in [0.1, 0.15) is 0 Å². The number of aliphatic hydroxyl groups excluding tert-OH is 1. The third-order valence-corrected chi connectivity index (χ3v) is 4.73. The lowest BCUT2D eigenvalue weighted by atomic mass is 9.96. The highest BCUT2D eigenvalue weighted by atomic mass is 16.5. The molecule has 0 spiro atoms. The van der Waals surface area contributed by atoms with E-state index in [0.29, 0.717) is 5.92 Å². The molecule has 1 aromatic carbocycles. The summed E-state index contributed by atoms with van der Waals surface area (Å²) >= 11 is 0. The SMILES string of the molecule is Cc1cc(CNCC2CCN(C[C@@H](O)c3ccccc3)CC2)on1. The van der Waals surface area contributed by atoms with Gasteiger partial charge in [0.2, 0.25) is 0 Å². The summed E-state index contributed by atoms with van der Waals surface area (Å²) in [5.74, 6) is 1.59. The van der Waals surface area contributed by atoms with Crippen molar-refractivity contribution in [1.29, 1.82) is 0 Å². The minimum atomic E-state index is -0.393. The summed E-state index contributed by atoms with van der Waals surface area (Å²) < 4.78 is 5.21. The van der Waals surface area contributed by atoms with Crippen molar-refractivity contribution < 1.29 is 9.63 Å². The fraction of sp³-hybridized carbons (Fsp3) is 0.526. The number of nitrogens with zero attached hydrogens (tertiary/aromatic N) is 2. The van der Waals surface area contributed by atoms with E-state index in [-0.39, 0.29) is 0 Å². The Balaban J connectivity index is 1.35. The number of rotatable bonds is 7. The zero-order valence-corrected chi connectivity index (χ0v) is 14.3. The van der Waals surface area contributed by atoms with E-state index < -0.39 is 6.10 Å². The van der Waals surface area contributed by atoms with Crippen LogP contribution in [0.4, 0.5) is 0 Å². The molecule has 0 saturated carbocycles. The molecule has 2 heterocycles. The van der Waals surface area contributed by atoms with E-state index in [0.717, 1.165) is 49.7 Å². The Kier molecular flexibility index (Phi) is 6.01. The van der Waals surface area contributed by atoms with Crippen LogP contribution in [0.2, 0.25) is 0 Å². The van der Waals surface area contributed by atoms with E-state index in [1.165, 1.54) is 12.8 Å². The molecule has 0 amide bonds. The number of benzene rings is 1. The van der Waals surface area contributed by atoms with Gasteiger partial charge >= 0.3 is 0 Å². The van der Waals surface area contributed by atoms with E-state index in [1.807, 2.05) is 43.3 Å². The molecule has 1 aliphatic heterocycles. The molecule has 2 aromatic rings. The fourth-order valence-electron chi connectivity index (χ4n) is 3.30. The number of aryl methyl sites for hydroxylation is 1. The van der Waals surface area contributed by atoms with Crippen molar-refractivity contribution in [2.45, 2.75) is 32.4 Å². The second-order valence-corrected chi connectivity index (χ2v) is 6.74. The van der Waals surface area contributed by atoms with Crippen LogP contribution >= 0.6 is 0 Å². The molecule has 1 aliphatic rings. The Morgan fingerprint density at radius 3 is 2.71 bits per heavy atom. The third-order valence-electron chi connectivity index (χ3n) is 4.73. The first kappa shape index (κ1) is 17.1. The van der Waals surface area contributed by atoms with E-state index in [1.54, 1.807) is 0 Å². The maximum atomic E-state index is 10.3. The summed E-state index contributed by atoms with van der Waals surface area (Å²) in [4.78, 5) is 2.37. The Bertz CT molecular complexity index is 606. The van der Waals surface area contributed by atoms with Gasteiger partial charge in [-0.3, -0.25) is 0 Å². The standard InChI is InChI=1S/C19H27N3O2/c1-15-11-18(24-21-15)13-20-12-16-7-9-22(10-8-16)14-19(23)17-5-3-2-4-6-17/h2-6,11,16,19-20,23H,7-10,12-14H2,1H3/t19-/m1/s1. The van der Waals surface area contributed by atoms with Crippen LogP contribution < -0.4 is 5.32 Å². The summed E-state index contributed by atoms with van der Waals surface area (Å²) in [5, 5.41) is 17.7. The van der Waals surface area contributed by atoms with Crippen molar-refractivity contribution >= 4 is 0 Å². The third kappa shape index (κ3) is 4.90. The first-order valence-corrected chi connectivity index (χ1v) is 8.79. The predicted molar refractivity (Wildman–Crippen MR) is 93.5 cm³/mol. The Hall–Kier alpha value is -1.69. The number of likely N-dealkylation sites (tertiary alicyclic amines) is 1. The lowest BCUT2D eigenvalue weighted by molar-refractivity contribution is 0.0890. The van der Waals surface area contributed by atoms with Gasteiger partial charge < -0.3 is 19.8 Å². The van der Waals surface area contributed by atoms with Crippen LogP contribution in [-0.2, 0) is 6.54 Å². The summed E-state index contributed by atoms with van der Waals surface area (Å²) in [5.41, 5.74) is 1.93. The molecule has 1 fully saturated rings. The van der Waals surface area contributed by atoms with E-state index in [4.69, 9.17) is 4.52 Å². The largest absolute Gasteiger partial charge is 0.387 e. The monoisotopic (exact) mass is 329 g/mol. The Morgan fingerprint density at radius 1 is 1.29 bits per heavy atom. The van der Waals surface area contributed by atoms with Gasteiger partial charge in [0.25, 0.3) is 0 Å². The summed E-state index contributed by atoms with van der Waals surface area (Å²) in [6, 6.07) is 11.9. The van der Waals surface area contributed by atoms with Gasteiger partial charge in [0, 0.05) is 12.6 Å². The molecule has 130 valence electrons. The normalized spacial score (nSPS) is 17.9. The highest BCUT2D eigenvalue weighted by Crippen LogP contribution is 2.20. The molecular weight excluding hydrogens is 302 g/mol. The van der Waals surface area contributed by atoms with Crippen LogP contribution in [0, 0.1) is 12.8 Å². The molecule has 0 unspecified atom stereocenters. The van der Waals surface area contributed by atoms with Crippen molar-refractivity contribution in [3.8, 4) is 0 Å². The second kappa shape index (κ2) is 8.42. The summed E-state index contributed by atoms with van der Waals surface area (Å²) in [7, 11) is 0. The number of β-amino-alcohol motifs (C(OH)–C–C–N with tert-alkyl or cyclic N) is 1. The number of aromatic nitrogens is 1.